The van der Waals surface area contributed by atoms with Crippen molar-refractivity contribution in [2.24, 2.45) is 0 Å². The Balaban J connectivity index is 2.08. The summed E-state index contributed by atoms with van der Waals surface area (Å²) in [4.78, 5) is 15.7. The van der Waals surface area contributed by atoms with Gasteiger partial charge >= 0.3 is 0 Å². The topological polar surface area (TPSA) is 66.5 Å². The molecule has 0 bridgehead atoms. The van der Waals surface area contributed by atoms with Crippen molar-refractivity contribution in [1.29, 1.82) is 0 Å². The van der Waals surface area contributed by atoms with E-state index in [1.165, 1.54) is 0 Å². The molecule has 2 rings (SSSR count). The minimum absolute atomic E-state index is 0.461. The Morgan fingerprint density at radius 2 is 2.12 bits per heavy atom. The van der Waals surface area contributed by atoms with E-state index in [0.717, 1.165) is 23.8 Å². The van der Waals surface area contributed by atoms with Gasteiger partial charge in [-0.25, -0.2) is 9.97 Å². The third-order valence-corrected chi connectivity index (χ3v) is 2.14. The number of nitrogens with one attached hydrogen (secondary N) is 2. The lowest BCUT2D eigenvalue weighted by atomic mass is 10.3. The largest absolute Gasteiger partial charge is 0.339 e. The predicted molar refractivity (Wildman–Crippen MR) is 61.6 cm³/mol. The number of nitrogens with zero attached hydrogens (tertiary/aromatic N) is 3. The van der Waals surface area contributed by atoms with Gasteiger partial charge in [0.2, 0.25) is 0 Å². The number of imidazole rings is 1. The van der Waals surface area contributed by atoms with Crippen LogP contribution in [0.25, 0.3) is 11.5 Å². The molecule has 0 radical (unpaired) electrons. The second kappa shape index (κ2) is 4.85. The Morgan fingerprint density at radius 3 is 2.81 bits per heavy atom. The van der Waals surface area contributed by atoms with E-state index in [9.17, 15) is 0 Å². The fourth-order valence-corrected chi connectivity index (χ4v) is 1.31. The van der Waals surface area contributed by atoms with E-state index >= 15 is 0 Å². The molecule has 0 saturated heterocycles. The Hall–Kier alpha value is -1.75. The molecule has 16 heavy (non-hydrogen) atoms. The van der Waals surface area contributed by atoms with Crippen LogP contribution in [0.4, 0.5) is 0 Å². The molecule has 2 N–H and O–H groups in total. The number of H-pyrrole nitrogens is 1. The highest BCUT2D eigenvalue weighted by Crippen LogP contribution is 2.10. The van der Waals surface area contributed by atoms with Crippen LogP contribution >= 0.6 is 0 Å². The van der Waals surface area contributed by atoms with Crippen molar-refractivity contribution in [3.05, 3.63) is 30.5 Å². The second-order valence-corrected chi connectivity index (χ2v) is 3.88. The van der Waals surface area contributed by atoms with Gasteiger partial charge in [0.1, 0.15) is 5.69 Å². The number of aromatic nitrogens is 4. The van der Waals surface area contributed by atoms with Crippen LogP contribution in [0.2, 0.25) is 0 Å². The van der Waals surface area contributed by atoms with E-state index in [-0.39, 0.29) is 0 Å². The summed E-state index contributed by atoms with van der Waals surface area (Å²) in [6.45, 7) is 5.00. The first-order valence-corrected chi connectivity index (χ1v) is 5.29. The van der Waals surface area contributed by atoms with E-state index in [0.29, 0.717) is 6.04 Å². The molecule has 84 valence electrons. The summed E-state index contributed by atoms with van der Waals surface area (Å²) in [7, 11) is 0. The van der Waals surface area contributed by atoms with Gasteiger partial charge in [-0.1, -0.05) is 13.8 Å². The molecule has 2 aromatic heterocycles. The van der Waals surface area contributed by atoms with E-state index in [4.69, 9.17) is 0 Å². The molecule has 0 saturated carbocycles. The monoisotopic (exact) mass is 217 g/mol. The summed E-state index contributed by atoms with van der Waals surface area (Å²) >= 11 is 0. The minimum atomic E-state index is 0.461. The SMILES string of the molecule is CC(C)NCc1cnc(-c2cnccn2)[nH]1. The third kappa shape index (κ3) is 2.64. The van der Waals surface area contributed by atoms with E-state index in [1.54, 1.807) is 18.6 Å². The van der Waals surface area contributed by atoms with Crippen LogP contribution in [0.1, 0.15) is 19.5 Å². The van der Waals surface area contributed by atoms with E-state index < -0.39 is 0 Å². The highest BCUT2D eigenvalue weighted by atomic mass is 15.0. The zero-order valence-corrected chi connectivity index (χ0v) is 9.44. The Kier molecular flexibility index (Phi) is 3.26. The van der Waals surface area contributed by atoms with Crippen molar-refractivity contribution >= 4 is 0 Å². The lowest BCUT2D eigenvalue weighted by Crippen LogP contribution is -2.21. The first-order valence-electron chi connectivity index (χ1n) is 5.29. The zero-order valence-electron chi connectivity index (χ0n) is 9.44. The van der Waals surface area contributed by atoms with Crippen LogP contribution in [-0.2, 0) is 6.54 Å². The minimum Gasteiger partial charge on any atom is -0.339 e. The molecule has 0 spiro atoms. The van der Waals surface area contributed by atoms with Gasteiger partial charge in [-0.3, -0.25) is 4.98 Å². The summed E-state index contributed by atoms with van der Waals surface area (Å²) in [5.74, 6) is 0.758. The first kappa shape index (κ1) is 10.8. The number of rotatable bonds is 4. The van der Waals surface area contributed by atoms with Crippen molar-refractivity contribution < 1.29 is 0 Å². The molecule has 2 aromatic rings. The van der Waals surface area contributed by atoms with Gasteiger partial charge in [-0.15, -0.1) is 0 Å². The smallest absolute Gasteiger partial charge is 0.157 e. The van der Waals surface area contributed by atoms with Crippen molar-refractivity contribution in [3.8, 4) is 11.5 Å². The highest BCUT2D eigenvalue weighted by Gasteiger charge is 2.04. The molecule has 0 aliphatic carbocycles. The van der Waals surface area contributed by atoms with Crippen molar-refractivity contribution in [1.82, 2.24) is 25.3 Å². The van der Waals surface area contributed by atoms with Crippen LogP contribution < -0.4 is 5.32 Å². The second-order valence-electron chi connectivity index (χ2n) is 3.88. The quantitative estimate of drug-likeness (QED) is 0.811. The molecule has 5 nitrogen and oxygen atoms in total. The summed E-state index contributed by atoms with van der Waals surface area (Å²) in [5.41, 5.74) is 1.81. The summed E-state index contributed by atoms with van der Waals surface area (Å²) in [6.07, 6.45) is 6.81. The maximum Gasteiger partial charge on any atom is 0.157 e. The van der Waals surface area contributed by atoms with E-state index in [1.807, 2.05) is 6.20 Å². The Bertz CT molecular complexity index is 435. The van der Waals surface area contributed by atoms with E-state index in [2.05, 4.69) is 39.1 Å². The fraction of sp³-hybridized carbons (Fsp3) is 0.364. The normalized spacial score (nSPS) is 10.9. The van der Waals surface area contributed by atoms with Crippen LogP contribution in [0, 0.1) is 0 Å². The van der Waals surface area contributed by atoms with Crippen molar-refractivity contribution in [2.45, 2.75) is 26.4 Å². The van der Waals surface area contributed by atoms with Crippen LogP contribution in [0.3, 0.4) is 0 Å². The maximum absolute atomic E-state index is 4.27. The summed E-state index contributed by atoms with van der Waals surface area (Å²) in [5, 5.41) is 3.32. The molecule has 0 aliphatic rings. The average molecular weight is 217 g/mol. The molecule has 0 aliphatic heterocycles. The molecule has 0 fully saturated rings. The molecule has 2 heterocycles. The van der Waals surface area contributed by atoms with Crippen LogP contribution in [-0.4, -0.2) is 26.0 Å². The Labute approximate surface area is 94.4 Å². The molecule has 0 aromatic carbocycles. The predicted octanol–water partition coefficient (Wildman–Crippen LogP) is 1.36. The van der Waals surface area contributed by atoms with Gasteiger partial charge in [-0.2, -0.15) is 0 Å². The maximum atomic E-state index is 4.27. The fourth-order valence-electron chi connectivity index (χ4n) is 1.31. The molecular formula is C11H15N5. The van der Waals surface area contributed by atoms with Gasteiger partial charge in [-0.05, 0) is 0 Å². The van der Waals surface area contributed by atoms with Gasteiger partial charge in [0.15, 0.2) is 5.82 Å². The van der Waals surface area contributed by atoms with Crippen molar-refractivity contribution in [3.63, 3.8) is 0 Å². The molecule has 0 atom stereocenters. The summed E-state index contributed by atoms with van der Waals surface area (Å²) < 4.78 is 0. The lowest BCUT2D eigenvalue weighted by Gasteiger charge is -2.05. The van der Waals surface area contributed by atoms with Gasteiger partial charge in [0.25, 0.3) is 0 Å². The third-order valence-electron chi connectivity index (χ3n) is 2.14. The van der Waals surface area contributed by atoms with Crippen LogP contribution in [0.5, 0.6) is 0 Å². The number of hydrogen-bond donors (Lipinski definition) is 2. The zero-order chi connectivity index (χ0) is 11.4. The van der Waals surface area contributed by atoms with Gasteiger partial charge in [0.05, 0.1) is 12.4 Å². The average Bonchev–Trinajstić information content (AvgIpc) is 2.76. The first-order chi connectivity index (χ1) is 7.75. The van der Waals surface area contributed by atoms with Gasteiger partial charge in [0, 0.05) is 30.7 Å². The van der Waals surface area contributed by atoms with Gasteiger partial charge < -0.3 is 10.3 Å². The van der Waals surface area contributed by atoms with Crippen LogP contribution in [0.15, 0.2) is 24.8 Å². The van der Waals surface area contributed by atoms with Crippen molar-refractivity contribution in [2.75, 3.05) is 0 Å². The molecule has 0 amide bonds. The molecular weight excluding hydrogens is 202 g/mol. The molecule has 5 heteroatoms. The number of aromatic amines is 1. The highest BCUT2D eigenvalue weighted by molar-refractivity contribution is 5.47. The Morgan fingerprint density at radius 1 is 1.25 bits per heavy atom. The standard InChI is InChI=1S/C11H15N5/c1-8(2)14-5-9-6-15-11(16-9)10-7-12-3-4-13-10/h3-4,6-8,14H,5H2,1-2H3,(H,15,16). The number of hydrogen-bond acceptors (Lipinski definition) is 4. The lowest BCUT2D eigenvalue weighted by molar-refractivity contribution is 0.583. The molecule has 0 unspecified atom stereocenters. The summed E-state index contributed by atoms with van der Waals surface area (Å²) in [6, 6.07) is 0.461.